The molecule has 1 aromatic heterocycles. The number of hydrogen-bond donors (Lipinski definition) is 0. The number of halogens is 4. The molecule has 0 amide bonds. The largest absolute Gasteiger partial charge is 0.418 e. The van der Waals surface area contributed by atoms with Crippen molar-refractivity contribution in [1.82, 2.24) is 9.78 Å². The van der Waals surface area contributed by atoms with Crippen LogP contribution in [0.5, 0.6) is 0 Å². The third-order valence-electron chi connectivity index (χ3n) is 4.20. The molecule has 3 rings (SSSR count). The number of hydrogen-bond acceptors (Lipinski definition) is 5. The molecular formula is C16H16ClF3N4O3. The maximum Gasteiger partial charge on any atom is 0.418 e. The average molecular weight is 405 g/mol. The van der Waals surface area contributed by atoms with Crippen LogP contribution in [0.4, 0.5) is 24.5 Å². The Labute approximate surface area is 157 Å². The smallest absolute Gasteiger partial charge is 0.373 e. The lowest BCUT2D eigenvalue weighted by molar-refractivity contribution is -0.384. The number of nitrogens with zero attached hydrogens (tertiary/aromatic N) is 4. The number of benzene rings is 1. The topological polar surface area (TPSA) is 73.4 Å². The normalized spacial score (nSPS) is 18.0. The third-order valence-corrected chi connectivity index (χ3v) is 4.51. The summed E-state index contributed by atoms with van der Waals surface area (Å²) in [7, 11) is 0. The highest BCUT2D eigenvalue weighted by atomic mass is 35.5. The molecule has 0 saturated carbocycles. The van der Waals surface area contributed by atoms with Gasteiger partial charge in [0.2, 0.25) is 0 Å². The van der Waals surface area contributed by atoms with Crippen LogP contribution in [0, 0.1) is 17.0 Å². The first-order valence-corrected chi connectivity index (χ1v) is 8.43. The Morgan fingerprint density at radius 1 is 1.44 bits per heavy atom. The molecule has 1 aromatic carbocycles. The standard InChI is InChI=1S/C16H16ClF3N4O3/c1-10-6-21-23(7-10)9-11-8-22(2-3-27-11)14-5-13(17)12(16(18,19)20)4-15(14)24(25)26/h4-7,11H,2-3,8-9H2,1H3. The molecule has 1 aliphatic rings. The fraction of sp³-hybridized carbons (Fsp3) is 0.438. The molecule has 0 spiro atoms. The van der Waals surface area contributed by atoms with Gasteiger partial charge < -0.3 is 9.64 Å². The van der Waals surface area contributed by atoms with E-state index in [9.17, 15) is 23.3 Å². The molecule has 1 unspecified atom stereocenters. The van der Waals surface area contributed by atoms with Gasteiger partial charge in [-0.2, -0.15) is 18.3 Å². The van der Waals surface area contributed by atoms with Crippen molar-refractivity contribution in [2.45, 2.75) is 25.7 Å². The molecular weight excluding hydrogens is 389 g/mol. The number of ether oxygens (including phenoxy) is 1. The highest BCUT2D eigenvalue weighted by molar-refractivity contribution is 6.31. The van der Waals surface area contributed by atoms with Crippen molar-refractivity contribution in [1.29, 1.82) is 0 Å². The number of morpholine rings is 1. The van der Waals surface area contributed by atoms with Gasteiger partial charge in [-0.1, -0.05) is 11.6 Å². The lowest BCUT2D eigenvalue weighted by Gasteiger charge is -2.34. The lowest BCUT2D eigenvalue weighted by Crippen LogP contribution is -2.44. The minimum atomic E-state index is -4.77. The van der Waals surface area contributed by atoms with Gasteiger partial charge in [0.15, 0.2) is 0 Å². The summed E-state index contributed by atoms with van der Waals surface area (Å²) < 4.78 is 46.4. The van der Waals surface area contributed by atoms with Crippen molar-refractivity contribution < 1.29 is 22.8 Å². The highest BCUT2D eigenvalue weighted by Crippen LogP contribution is 2.41. The molecule has 0 N–H and O–H groups in total. The lowest BCUT2D eigenvalue weighted by atomic mass is 10.1. The van der Waals surface area contributed by atoms with E-state index in [1.165, 1.54) is 0 Å². The maximum atomic E-state index is 13.0. The molecule has 0 bridgehead atoms. The molecule has 2 aromatic rings. The Balaban J connectivity index is 1.88. The molecule has 11 heteroatoms. The van der Waals surface area contributed by atoms with Crippen LogP contribution >= 0.6 is 11.6 Å². The van der Waals surface area contributed by atoms with E-state index in [2.05, 4.69) is 5.10 Å². The van der Waals surface area contributed by atoms with E-state index < -0.39 is 27.4 Å². The summed E-state index contributed by atoms with van der Waals surface area (Å²) in [5.41, 5.74) is -0.838. The van der Waals surface area contributed by atoms with E-state index in [0.717, 1.165) is 11.6 Å². The Morgan fingerprint density at radius 3 is 2.78 bits per heavy atom. The monoisotopic (exact) mass is 404 g/mol. The summed E-state index contributed by atoms with van der Waals surface area (Å²) in [5.74, 6) is 0. The van der Waals surface area contributed by atoms with Crippen molar-refractivity contribution in [3.8, 4) is 0 Å². The molecule has 1 aliphatic heterocycles. The maximum absolute atomic E-state index is 13.0. The number of nitro groups is 1. The molecule has 2 heterocycles. The first-order valence-electron chi connectivity index (χ1n) is 8.06. The number of aryl methyl sites for hydroxylation is 1. The molecule has 1 fully saturated rings. The van der Waals surface area contributed by atoms with Crippen LogP contribution in [0.15, 0.2) is 24.5 Å². The summed E-state index contributed by atoms with van der Waals surface area (Å²) in [6.45, 7) is 3.16. The minimum absolute atomic E-state index is 0.0444. The first-order chi connectivity index (χ1) is 12.6. The van der Waals surface area contributed by atoms with E-state index in [4.69, 9.17) is 16.3 Å². The summed E-state index contributed by atoms with van der Waals surface area (Å²) >= 11 is 5.76. The number of alkyl halides is 3. The van der Waals surface area contributed by atoms with Crippen LogP contribution in [0.25, 0.3) is 0 Å². The van der Waals surface area contributed by atoms with Gasteiger partial charge in [-0.15, -0.1) is 0 Å². The first kappa shape index (κ1) is 19.4. The van der Waals surface area contributed by atoms with Gasteiger partial charge in [-0.25, -0.2) is 0 Å². The number of nitro benzene ring substituents is 1. The number of aromatic nitrogens is 2. The molecule has 27 heavy (non-hydrogen) atoms. The van der Waals surface area contributed by atoms with Crippen molar-refractivity contribution in [2.75, 3.05) is 24.6 Å². The van der Waals surface area contributed by atoms with Gasteiger partial charge in [-0.05, 0) is 18.6 Å². The zero-order valence-corrected chi connectivity index (χ0v) is 15.0. The van der Waals surface area contributed by atoms with Gasteiger partial charge >= 0.3 is 6.18 Å². The fourth-order valence-electron chi connectivity index (χ4n) is 2.99. The Hall–Kier alpha value is -2.33. The van der Waals surface area contributed by atoms with E-state index in [1.54, 1.807) is 15.8 Å². The van der Waals surface area contributed by atoms with Crippen LogP contribution in [0.1, 0.15) is 11.1 Å². The van der Waals surface area contributed by atoms with Crippen LogP contribution in [0.3, 0.4) is 0 Å². The van der Waals surface area contributed by atoms with E-state index in [1.807, 2.05) is 13.1 Å². The summed E-state index contributed by atoms with van der Waals surface area (Å²) in [6.07, 6.45) is -1.56. The van der Waals surface area contributed by atoms with Gasteiger partial charge in [0, 0.05) is 25.4 Å². The number of rotatable bonds is 4. The second-order valence-electron chi connectivity index (χ2n) is 6.25. The summed E-state index contributed by atoms with van der Waals surface area (Å²) in [6, 6.07) is 1.49. The second-order valence-corrected chi connectivity index (χ2v) is 6.66. The highest BCUT2D eigenvalue weighted by Gasteiger charge is 2.37. The second kappa shape index (κ2) is 7.35. The minimum Gasteiger partial charge on any atom is -0.373 e. The SMILES string of the molecule is Cc1cnn(CC2CN(c3cc(Cl)c(C(F)(F)F)cc3[N+](=O)[O-])CCO2)c1. The molecule has 0 radical (unpaired) electrons. The van der Waals surface area contributed by atoms with E-state index >= 15 is 0 Å². The van der Waals surface area contributed by atoms with Gasteiger partial charge in [-0.3, -0.25) is 14.8 Å². The molecule has 1 saturated heterocycles. The quantitative estimate of drug-likeness (QED) is 0.574. The zero-order valence-electron chi connectivity index (χ0n) is 14.2. The molecule has 7 nitrogen and oxygen atoms in total. The average Bonchev–Trinajstić information content (AvgIpc) is 2.98. The van der Waals surface area contributed by atoms with Gasteiger partial charge in [0.05, 0.1) is 41.0 Å². The summed E-state index contributed by atoms with van der Waals surface area (Å²) in [4.78, 5) is 12.1. The predicted octanol–water partition coefficient (Wildman–Crippen LogP) is 3.68. The van der Waals surface area contributed by atoms with Gasteiger partial charge in [0.25, 0.3) is 5.69 Å². The van der Waals surface area contributed by atoms with Crippen LogP contribution < -0.4 is 4.90 Å². The van der Waals surface area contributed by atoms with E-state index in [0.29, 0.717) is 19.2 Å². The number of anilines is 1. The van der Waals surface area contributed by atoms with Crippen molar-refractivity contribution in [3.63, 3.8) is 0 Å². The summed E-state index contributed by atoms with van der Waals surface area (Å²) in [5, 5.41) is 14.9. The molecule has 0 aliphatic carbocycles. The van der Waals surface area contributed by atoms with Gasteiger partial charge in [0.1, 0.15) is 5.69 Å². The molecule has 1 atom stereocenters. The predicted molar refractivity (Wildman–Crippen MR) is 92.0 cm³/mol. The molecule has 146 valence electrons. The Bertz CT molecular complexity index is 856. The van der Waals surface area contributed by atoms with E-state index in [-0.39, 0.29) is 24.9 Å². The van der Waals surface area contributed by atoms with Crippen LogP contribution in [-0.4, -0.2) is 40.5 Å². The van der Waals surface area contributed by atoms with Crippen molar-refractivity contribution in [2.24, 2.45) is 0 Å². The van der Waals surface area contributed by atoms with Crippen molar-refractivity contribution in [3.05, 3.63) is 50.8 Å². The van der Waals surface area contributed by atoms with Crippen LogP contribution in [-0.2, 0) is 17.5 Å². The van der Waals surface area contributed by atoms with Crippen molar-refractivity contribution >= 4 is 23.0 Å². The fourth-order valence-corrected chi connectivity index (χ4v) is 3.26. The van der Waals surface area contributed by atoms with Crippen LogP contribution in [0.2, 0.25) is 5.02 Å². The third kappa shape index (κ3) is 4.33. The Kier molecular flexibility index (Phi) is 5.29. The Morgan fingerprint density at radius 2 is 2.19 bits per heavy atom. The zero-order chi connectivity index (χ0) is 19.8.